The Morgan fingerprint density at radius 1 is 0.750 bits per heavy atom. The van der Waals surface area contributed by atoms with Crippen molar-refractivity contribution in [1.29, 1.82) is 0 Å². The van der Waals surface area contributed by atoms with Crippen LogP contribution in [0.2, 0.25) is 0 Å². The minimum atomic E-state index is 0. The zero-order valence-corrected chi connectivity index (χ0v) is 6.03. The molecular formula is H2ClInO2. The summed E-state index contributed by atoms with van der Waals surface area (Å²) in [5, 5.41) is 0. The summed E-state index contributed by atoms with van der Waals surface area (Å²) in [6, 6.07) is 0. The topological polar surface area (TPSA) is 57.0 Å². The Kier molecular flexibility index (Phi) is 601. The monoisotopic (exact) mass is 184 g/mol. The fourth-order valence-corrected chi connectivity index (χ4v) is 0. The molecule has 0 aromatic heterocycles. The van der Waals surface area contributed by atoms with Crippen LogP contribution in [0.5, 0.6) is 0 Å². The molecule has 0 aromatic carbocycles. The zero-order valence-electron chi connectivity index (χ0n) is 1.84. The number of hydrogen-bond acceptors (Lipinski definition) is 0. The summed E-state index contributed by atoms with van der Waals surface area (Å²) in [4.78, 5) is 0. The number of rotatable bonds is 0. The maximum absolute atomic E-state index is 0. The Bertz CT molecular complexity index is 6.00. The van der Waals surface area contributed by atoms with Gasteiger partial charge in [0.1, 0.15) is 0 Å². The molecular weight excluding hydrogens is 182 g/mol. The molecule has 0 spiro atoms. The minimum Gasteiger partial charge on any atom is -2.00 e. The maximum atomic E-state index is 0. The summed E-state index contributed by atoms with van der Waals surface area (Å²) < 4.78 is 0. The van der Waals surface area contributed by atoms with Gasteiger partial charge >= 0.3 is 25.8 Å². The van der Waals surface area contributed by atoms with E-state index >= 15 is 0 Å². The van der Waals surface area contributed by atoms with Crippen LogP contribution in [-0.4, -0.2) is 25.8 Å². The second kappa shape index (κ2) is 33.2. The Labute approximate surface area is 49.4 Å². The van der Waals surface area contributed by atoms with Gasteiger partial charge in [-0.1, -0.05) is 0 Å². The van der Waals surface area contributed by atoms with Crippen molar-refractivity contribution in [1.82, 2.24) is 0 Å². The average molecular weight is 184 g/mol. The summed E-state index contributed by atoms with van der Waals surface area (Å²) in [6.45, 7) is 0. The van der Waals surface area contributed by atoms with Crippen LogP contribution in [0.1, 0.15) is 0 Å². The van der Waals surface area contributed by atoms with Crippen LogP contribution in [0.15, 0.2) is 0 Å². The third-order valence-corrected chi connectivity index (χ3v) is 0. The van der Waals surface area contributed by atoms with Gasteiger partial charge in [0.2, 0.25) is 0 Å². The van der Waals surface area contributed by atoms with E-state index in [-0.39, 0.29) is 49.2 Å². The van der Waals surface area contributed by atoms with Crippen molar-refractivity contribution in [2.24, 2.45) is 0 Å². The van der Waals surface area contributed by atoms with E-state index in [0.717, 1.165) is 0 Å². The molecule has 0 saturated heterocycles. The van der Waals surface area contributed by atoms with Gasteiger partial charge in [-0.3, -0.25) is 0 Å². The van der Waals surface area contributed by atoms with Gasteiger partial charge in [0.25, 0.3) is 0 Å². The molecule has 0 N–H and O–H groups in total. The van der Waals surface area contributed by atoms with Crippen LogP contribution < -0.4 is 0 Å². The normalized spacial score (nSPS) is 0. The van der Waals surface area contributed by atoms with E-state index in [4.69, 9.17) is 0 Å². The van der Waals surface area contributed by atoms with Crippen LogP contribution in [0.25, 0.3) is 0 Å². The molecule has 0 saturated carbocycles. The van der Waals surface area contributed by atoms with Crippen molar-refractivity contribution in [2.45, 2.75) is 0 Å². The Morgan fingerprint density at radius 2 is 0.750 bits per heavy atom. The van der Waals surface area contributed by atoms with E-state index in [1.807, 2.05) is 0 Å². The smallest absolute Gasteiger partial charge is 2.00 e. The van der Waals surface area contributed by atoms with Crippen molar-refractivity contribution in [3.63, 3.8) is 0 Å². The average Bonchev–Trinajstić information content (AvgIpc) is 0. The molecule has 0 rings (SSSR count). The van der Waals surface area contributed by atoms with E-state index in [1.54, 1.807) is 0 Å². The van der Waals surface area contributed by atoms with E-state index < -0.39 is 0 Å². The van der Waals surface area contributed by atoms with Crippen LogP contribution >= 0.6 is 0 Å². The molecule has 0 unspecified atom stereocenters. The fourth-order valence-electron chi connectivity index (χ4n) is 0. The molecule has 0 fully saturated rings. The van der Waals surface area contributed by atoms with Crippen LogP contribution in [0.4, 0.5) is 0 Å². The van der Waals surface area contributed by atoms with Gasteiger partial charge in [-0.15, -0.1) is 0 Å². The molecule has 0 aliphatic heterocycles. The molecule has 2 nitrogen and oxygen atoms in total. The van der Waals surface area contributed by atoms with Gasteiger partial charge in [-0.2, -0.15) is 0 Å². The first-order valence-corrected chi connectivity index (χ1v) is 0. The maximum Gasteiger partial charge on any atom is 3.00 e. The van der Waals surface area contributed by atoms with Crippen LogP contribution in [-0.2, 0) is 11.0 Å². The van der Waals surface area contributed by atoms with Crippen molar-refractivity contribution in [3.8, 4) is 0 Å². The third-order valence-electron chi connectivity index (χ3n) is 0. The summed E-state index contributed by atoms with van der Waals surface area (Å²) in [6.07, 6.45) is 0. The first-order valence-electron chi connectivity index (χ1n) is 0. The number of halogens is 1. The van der Waals surface area contributed by atoms with E-state index in [9.17, 15) is 0 Å². The number of hydrogen-bond donors (Lipinski definition) is 0. The first-order chi connectivity index (χ1) is 0. The largest absolute Gasteiger partial charge is 3.00 e. The standard InChI is InChI=1S/ClH2.In.2O/h1H2;;;/q+1;+3;2*-2. The summed E-state index contributed by atoms with van der Waals surface area (Å²) in [5.41, 5.74) is 0. The Balaban J connectivity index is 0. The molecule has 0 heterocycles. The van der Waals surface area contributed by atoms with Crippen LogP contribution in [0, 0.1) is 12.4 Å². The van der Waals surface area contributed by atoms with E-state index in [2.05, 4.69) is 0 Å². The second-order valence-electron chi connectivity index (χ2n) is 0. The molecule has 4 heavy (non-hydrogen) atoms. The van der Waals surface area contributed by atoms with Crippen molar-refractivity contribution in [3.05, 3.63) is 0 Å². The van der Waals surface area contributed by atoms with Gasteiger partial charge in [-0.05, 0) is 0 Å². The summed E-state index contributed by atoms with van der Waals surface area (Å²) in [5.74, 6) is 0. The molecule has 0 aromatic rings. The predicted molar refractivity (Wildman–Crippen MR) is 9.92 cm³/mol. The SMILES string of the molecule is [ClH2+].[In+3].[O-2].[O-2]. The van der Waals surface area contributed by atoms with Gasteiger partial charge in [0.15, 0.2) is 0 Å². The van der Waals surface area contributed by atoms with Crippen molar-refractivity contribution < 1.29 is 23.4 Å². The quantitative estimate of drug-likeness (QED) is 0.456. The first kappa shape index (κ1) is 72.5. The van der Waals surface area contributed by atoms with E-state index in [1.165, 1.54) is 0 Å². The van der Waals surface area contributed by atoms with Gasteiger partial charge in [0.05, 0.1) is 12.4 Å². The molecule has 0 radical (unpaired) electrons. The summed E-state index contributed by atoms with van der Waals surface area (Å²) in [7, 11) is 0. The predicted octanol–water partition coefficient (Wildman–Crippen LogP) is -1.15. The molecule has 0 aliphatic rings. The summed E-state index contributed by atoms with van der Waals surface area (Å²) >= 11 is 0. The second-order valence-corrected chi connectivity index (χ2v) is 0. The van der Waals surface area contributed by atoms with Gasteiger partial charge in [-0.25, -0.2) is 0 Å². The zero-order chi connectivity index (χ0) is 0. The van der Waals surface area contributed by atoms with Crippen molar-refractivity contribution >= 4 is 25.8 Å². The van der Waals surface area contributed by atoms with E-state index in [0.29, 0.717) is 0 Å². The minimum absolute atomic E-state index is 0. The Hall–Kier alpha value is 1.08. The molecule has 4 heteroatoms. The Morgan fingerprint density at radius 3 is 0.750 bits per heavy atom. The van der Waals surface area contributed by atoms with Gasteiger partial charge < -0.3 is 11.0 Å². The molecule has 0 aliphatic carbocycles. The molecule has 0 atom stereocenters. The molecule has 0 amide bonds. The van der Waals surface area contributed by atoms with Crippen molar-refractivity contribution in [2.75, 3.05) is 0 Å². The molecule has 0 bridgehead atoms. The fraction of sp³-hybridized carbons (Fsp3) is 0. The van der Waals surface area contributed by atoms with Crippen LogP contribution in [0.3, 0.4) is 0 Å². The third kappa shape index (κ3) is 11.4. The molecule has 24 valence electrons. The van der Waals surface area contributed by atoms with Gasteiger partial charge in [0, 0.05) is 0 Å².